The Morgan fingerprint density at radius 2 is 1.94 bits per heavy atom. The lowest BCUT2D eigenvalue weighted by atomic mass is 9.77. The fourth-order valence-electron chi connectivity index (χ4n) is 3.14. The van der Waals surface area contributed by atoms with Crippen LogP contribution in [0.4, 0.5) is 0 Å². The molecule has 0 aliphatic heterocycles. The van der Waals surface area contributed by atoms with E-state index in [0.717, 1.165) is 31.3 Å². The number of hydrogen-bond acceptors (Lipinski definition) is 2. The summed E-state index contributed by atoms with van der Waals surface area (Å²) in [5.41, 5.74) is 6.77. The first-order chi connectivity index (χ1) is 7.78. The third-order valence-electron chi connectivity index (χ3n) is 4.27. The lowest BCUT2D eigenvalue weighted by molar-refractivity contribution is -0.124. The Labute approximate surface area is 98.3 Å². The van der Waals surface area contributed by atoms with E-state index < -0.39 is 0 Å². The summed E-state index contributed by atoms with van der Waals surface area (Å²) >= 11 is 0. The summed E-state index contributed by atoms with van der Waals surface area (Å²) in [5, 5.41) is 0. The van der Waals surface area contributed by atoms with Crippen LogP contribution in [0.1, 0.15) is 57.8 Å². The van der Waals surface area contributed by atoms with Crippen LogP contribution in [0.2, 0.25) is 0 Å². The lowest BCUT2D eigenvalue weighted by Crippen LogP contribution is -2.37. The van der Waals surface area contributed by atoms with Crippen LogP contribution in [0, 0.1) is 5.41 Å². The molecule has 0 aromatic carbocycles. The molecule has 2 N–H and O–H groups in total. The second-order valence-corrected chi connectivity index (χ2v) is 5.35. The number of rotatable bonds is 3. The number of allylic oxidation sites excluding steroid dienone is 2. The standard InChI is InChI=1S/C14H23NO/c15-11-14(9-5-6-10-14)13(16)12-7-3-1-2-4-8-12/h7H,1-6,8-11,15H2. The summed E-state index contributed by atoms with van der Waals surface area (Å²) in [7, 11) is 0. The molecule has 0 heterocycles. The average molecular weight is 221 g/mol. The summed E-state index contributed by atoms with van der Waals surface area (Å²) in [6.45, 7) is 0.545. The van der Waals surface area contributed by atoms with Gasteiger partial charge in [0.05, 0.1) is 0 Å². The van der Waals surface area contributed by atoms with Gasteiger partial charge in [-0.1, -0.05) is 25.3 Å². The van der Waals surface area contributed by atoms with Gasteiger partial charge in [-0.05, 0) is 44.1 Å². The van der Waals surface area contributed by atoms with Crippen LogP contribution >= 0.6 is 0 Å². The molecule has 0 unspecified atom stereocenters. The van der Waals surface area contributed by atoms with Crippen LogP contribution < -0.4 is 5.73 Å². The molecule has 0 amide bonds. The predicted octanol–water partition coefficient (Wildman–Crippen LogP) is 2.97. The maximum atomic E-state index is 12.6. The highest BCUT2D eigenvalue weighted by molar-refractivity contribution is 6.00. The van der Waals surface area contributed by atoms with Crippen molar-refractivity contribution in [1.29, 1.82) is 0 Å². The molecule has 2 nitrogen and oxygen atoms in total. The van der Waals surface area contributed by atoms with E-state index in [-0.39, 0.29) is 5.41 Å². The summed E-state index contributed by atoms with van der Waals surface area (Å²) in [6.07, 6.45) is 12.3. The number of ketones is 1. The smallest absolute Gasteiger partial charge is 0.165 e. The molecule has 2 aliphatic carbocycles. The zero-order valence-electron chi connectivity index (χ0n) is 10.1. The molecule has 0 aromatic rings. The SMILES string of the molecule is NCC1(C(=O)C2=CCCCCC2)CCCC1. The molecule has 16 heavy (non-hydrogen) atoms. The molecule has 1 saturated carbocycles. The Morgan fingerprint density at radius 3 is 2.62 bits per heavy atom. The number of nitrogens with two attached hydrogens (primary N) is 1. The average Bonchev–Trinajstić information content (AvgIpc) is 2.64. The van der Waals surface area contributed by atoms with E-state index in [1.807, 2.05) is 0 Å². The van der Waals surface area contributed by atoms with Crippen LogP contribution in [0.15, 0.2) is 11.6 Å². The van der Waals surface area contributed by atoms with E-state index in [4.69, 9.17) is 5.73 Å². The lowest BCUT2D eigenvalue weighted by Gasteiger charge is -2.26. The van der Waals surface area contributed by atoms with Gasteiger partial charge in [-0.3, -0.25) is 4.79 Å². The van der Waals surface area contributed by atoms with Crippen LogP contribution in [0.25, 0.3) is 0 Å². The van der Waals surface area contributed by atoms with E-state index in [1.165, 1.54) is 32.1 Å². The van der Waals surface area contributed by atoms with Crippen LogP contribution in [-0.4, -0.2) is 12.3 Å². The molecule has 0 aromatic heterocycles. The molecule has 2 rings (SSSR count). The molecule has 2 aliphatic rings. The summed E-state index contributed by atoms with van der Waals surface area (Å²) in [4.78, 5) is 12.6. The first kappa shape index (κ1) is 11.8. The zero-order chi connectivity index (χ0) is 11.4. The van der Waals surface area contributed by atoms with Gasteiger partial charge in [0.2, 0.25) is 0 Å². The predicted molar refractivity (Wildman–Crippen MR) is 66.1 cm³/mol. The van der Waals surface area contributed by atoms with Crippen LogP contribution in [0.5, 0.6) is 0 Å². The van der Waals surface area contributed by atoms with Crippen molar-refractivity contribution < 1.29 is 4.79 Å². The fourth-order valence-corrected chi connectivity index (χ4v) is 3.14. The van der Waals surface area contributed by atoms with Crippen molar-refractivity contribution in [3.63, 3.8) is 0 Å². The van der Waals surface area contributed by atoms with Crippen molar-refractivity contribution in [1.82, 2.24) is 0 Å². The molecule has 90 valence electrons. The largest absolute Gasteiger partial charge is 0.329 e. The molecule has 2 heteroatoms. The fraction of sp³-hybridized carbons (Fsp3) is 0.786. The van der Waals surface area contributed by atoms with Crippen LogP contribution in [0.3, 0.4) is 0 Å². The zero-order valence-corrected chi connectivity index (χ0v) is 10.1. The van der Waals surface area contributed by atoms with Crippen molar-refractivity contribution in [3.8, 4) is 0 Å². The Morgan fingerprint density at radius 1 is 1.19 bits per heavy atom. The van der Waals surface area contributed by atoms with Crippen molar-refractivity contribution >= 4 is 5.78 Å². The quantitative estimate of drug-likeness (QED) is 0.796. The molecule has 1 fully saturated rings. The second-order valence-electron chi connectivity index (χ2n) is 5.35. The first-order valence-corrected chi connectivity index (χ1v) is 6.72. The summed E-state index contributed by atoms with van der Waals surface area (Å²) in [6, 6.07) is 0. The minimum absolute atomic E-state index is 0.184. The van der Waals surface area contributed by atoms with E-state index in [1.54, 1.807) is 0 Å². The summed E-state index contributed by atoms with van der Waals surface area (Å²) < 4.78 is 0. The minimum atomic E-state index is -0.184. The van der Waals surface area contributed by atoms with Gasteiger partial charge in [-0.15, -0.1) is 0 Å². The van der Waals surface area contributed by atoms with Gasteiger partial charge >= 0.3 is 0 Å². The van der Waals surface area contributed by atoms with Gasteiger partial charge in [0, 0.05) is 12.0 Å². The maximum Gasteiger partial charge on any atom is 0.165 e. The monoisotopic (exact) mass is 221 g/mol. The van der Waals surface area contributed by atoms with Crippen molar-refractivity contribution in [2.45, 2.75) is 57.8 Å². The third kappa shape index (κ3) is 2.22. The van der Waals surface area contributed by atoms with E-state index in [2.05, 4.69) is 6.08 Å². The van der Waals surface area contributed by atoms with E-state index in [0.29, 0.717) is 12.3 Å². The second kappa shape index (κ2) is 5.13. The number of hydrogen-bond donors (Lipinski definition) is 1. The molecule has 0 radical (unpaired) electrons. The van der Waals surface area contributed by atoms with Crippen molar-refractivity contribution in [2.75, 3.05) is 6.54 Å². The highest BCUT2D eigenvalue weighted by Crippen LogP contribution is 2.40. The van der Waals surface area contributed by atoms with E-state index in [9.17, 15) is 4.79 Å². The topological polar surface area (TPSA) is 43.1 Å². The molecule has 0 saturated heterocycles. The minimum Gasteiger partial charge on any atom is -0.329 e. The Bertz CT molecular complexity index is 287. The highest BCUT2D eigenvalue weighted by atomic mass is 16.1. The number of carbonyl (C=O) groups excluding carboxylic acids is 1. The molecule has 0 atom stereocenters. The Kier molecular flexibility index (Phi) is 3.80. The molecule has 0 bridgehead atoms. The van der Waals surface area contributed by atoms with E-state index >= 15 is 0 Å². The van der Waals surface area contributed by atoms with Gasteiger partial charge in [0.1, 0.15) is 0 Å². The van der Waals surface area contributed by atoms with Gasteiger partial charge in [0.25, 0.3) is 0 Å². The maximum absolute atomic E-state index is 12.6. The number of Topliss-reactive ketones (excluding diaryl/α,β-unsaturated/α-hetero) is 1. The van der Waals surface area contributed by atoms with Gasteiger partial charge in [-0.2, -0.15) is 0 Å². The highest BCUT2D eigenvalue weighted by Gasteiger charge is 2.40. The van der Waals surface area contributed by atoms with Gasteiger partial charge in [0.15, 0.2) is 5.78 Å². The summed E-state index contributed by atoms with van der Waals surface area (Å²) in [5.74, 6) is 0.384. The van der Waals surface area contributed by atoms with Gasteiger partial charge < -0.3 is 5.73 Å². The van der Waals surface area contributed by atoms with Crippen molar-refractivity contribution in [2.24, 2.45) is 11.1 Å². The Hall–Kier alpha value is -0.630. The molecular weight excluding hydrogens is 198 g/mol. The number of carbonyl (C=O) groups is 1. The third-order valence-corrected chi connectivity index (χ3v) is 4.27. The van der Waals surface area contributed by atoms with Crippen LogP contribution in [-0.2, 0) is 4.79 Å². The molecular formula is C14H23NO. The molecule has 0 spiro atoms. The Balaban J connectivity index is 2.12. The van der Waals surface area contributed by atoms with Crippen molar-refractivity contribution in [3.05, 3.63) is 11.6 Å². The van der Waals surface area contributed by atoms with Gasteiger partial charge in [-0.25, -0.2) is 0 Å². The normalized spacial score (nSPS) is 24.9. The first-order valence-electron chi connectivity index (χ1n) is 6.72.